The Hall–Kier alpha value is -1.15. The van der Waals surface area contributed by atoms with Gasteiger partial charge in [0.2, 0.25) is 0 Å². The van der Waals surface area contributed by atoms with E-state index in [9.17, 15) is 44.6 Å². The Labute approximate surface area is 421 Å². The van der Waals surface area contributed by atoms with E-state index in [0.29, 0.717) is 12.8 Å². The van der Waals surface area contributed by atoms with Gasteiger partial charge in [-0.25, -0.2) is 4.57 Å². The summed E-state index contributed by atoms with van der Waals surface area (Å²) in [6.07, 6.45) is 37.2. The highest BCUT2D eigenvalue weighted by atomic mass is 31.2. The molecule has 0 aromatic rings. The summed E-state index contributed by atoms with van der Waals surface area (Å²) in [5.41, 5.74) is 0. The van der Waals surface area contributed by atoms with Crippen molar-refractivity contribution in [2.75, 3.05) is 13.2 Å². The van der Waals surface area contributed by atoms with E-state index < -0.39 is 75.7 Å². The molecule has 13 nitrogen and oxygen atoms in total. The zero-order valence-corrected chi connectivity index (χ0v) is 45.0. The van der Waals surface area contributed by atoms with Crippen LogP contribution < -0.4 is 0 Å². The maximum Gasteiger partial charge on any atom is 0.472 e. The average molecular weight is 1010 g/mol. The van der Waals surface area contributed by atoms with Crippen LogP contribution in [0.25, 0.3) is 0 Å². The number of rotatable bonds is 50. The Morgan fingerprint density at radius 1 is 0.391 bits per heavy atom. The molecule has 8 atom stereocenters. The van der Waals surface area contributed by atoms with E-state index in [2.05, 4.69) is 13.8 Å². The fraction of sp³-hybridized carbons (Fsp3) is 0.964. The van der Waals surface area contributed by atoms with Crippen LogP contribution in [-0.4, -0.2) is 98.3 Å². The Bertz CT molecular complexity index is 1210. The molecule has 0 spiro atoms. The summed E-state index contributed by atoms with van der Waals surface area (Å²) < 4.78 is 33.8. The van der Waals surface area contributed by atoms with Crippen molar-refractivity contribution in [2.24, 2.45) is 0 Å². The third-order valence-corrected chi connectivity index (χ3v) is 14.9. The second-order valence-corrected chi connectivity index (χ2v) is 21.9. The number of esters is 2. The van der Waals surface area contributed by atoms with Crippen molar-refractivity contribution >= 4 is 19.8 Å². The number of ether oxygens (including phenoxy) is 2. The number of unbranched alkanes of at least 4 members (excludes halogenated alkanes) is 38. The molecule has 0 saturated heterocycles. The minimum atomic E-state index is -5.12. The lowest BCUT2D eigenvalue weighted by Gasteiger charge is -2.41. The second kappa shape index (κ2) is 45.5. The first kappa shape index (κ1) is 65.9. The molecule has 6 unspecified atom stereocenters. The molecule has 0 aliphatic heterocycles. The normalized spacial score (nSPS) is 20.8. The van der Waals surface area contributed by atoms with Gasteiger partial charge in [-0.15, -0.1) is 0 Å². The number of carbonyl (C=O) groups is 2. The average Bonchev–Trinajstić information content (AvgIpc) is 3.33. The molecule has 1 fully saturated rings. The third kappa shape index (κ3) is 37.3. The first-order chi connectivity index (χ1) is 33.4. The number of aliphatic hydroxyl groups is 5. The smallest absolute Gasteiger partial charge is 0.462 e. The highest BCUT2D eigenvalue weighted by Crippen LogP contribution is 2.47. The number of hydrogen-bond donors (Lipinski definition) is 6. The zero-order chi connectivity index (χ0) is 50.6. The molecular weight excluding hydrogens is 900 g/mol. The molecule has 0 aromatic heterocycles. The van der Waals surface area contributed by atoms with Gasteiger partial charge in [-0.3, -0.25) is 18.6 Å². The van der Waals surface area contributed by atoms with Crippen LogP contribution in [0, 0.1) is 0 Å². The van der Waals surface area contributed by atoms with Gasteiger partial charge in [0.05, 0.1) is 6.61 Å². The van der Waals surface area contributed by atoms with Crippen molar-refractivity contribution in [1.29, 1.82) is 0 Å². The standard InChI is InChI=1S/C55H107O13P/c1-3-5-7-9-11-13-15-17-19-21-22-23-24-25-26-28-30-32-34-36-38-40-42-44-49(57)67-47(46-66-69(63,64)68-55-53(61)51(59)50(58)52(60)54(55)62)45-65-48(56)43-41-39-37-35-33-31-29-27-20-18-16-14-12-10-8-6-4-2/h47,50-55,58-62H,3-46H2,1-2H3,(H,63,64)/t47-,50?,51-,52?,53?,54?,55?/m1/s1. The molecule has 14 heteroatoms. The number of aliphatic hydroxyl groups excluding tert-OH is 5. The Morgan fingerprint density at radius 3 is 0.957 bits per heavy atom. The van der Waals surface area contributed by atoms with Crippen molar-refractivity contribution in [3.63, 3.8) is 0 Å². The summed E-state index contributed by atoms with van der Waals surface area (Å²) in [5.74, 6) is -1.08. The van der Waals surface area contributed by atoms with E-state index in [1.807, 2.05) is 0 Å². The lowest BCUT2D eigenvalue weighted by Crippen LogP contribution is -2.64. The van der Waals surface area contributed by atoms with E-state index in [-0.39, 0.29) is 12.8 Å². The lowest BCUT2D eigenvalue weighted by molar-refractivity contribution is -0.220. The molecule has 410 valence electrons. The molecule has 69 heavy (non-hydrogen) atoms. The first-order valence-corrected chi connectivity index (χ1v) is 30.3. The summed E-state index contributed by atoms with van der Waals surface area (Å²) in [6, 6.07) is 0. The summed E-state index contributed by atoms with van der Waals surface area (Å²) in [6.45, 7) is 3.37. The molecule has 0 bridgehead atoms. The Morgan fingerprint density at radius 2 is 0.652 bits per heavy atom. The highest BCUT2D eigenvalue weighted by Gasteiger charge is 2.51. The van der Waals surface area contributed by atoms with Gasteiger partial charge in [-0.1, -0.05) is 258 Å². The SMILES string of the molecule is CCCCCCCCCCCCCCCCCCCCCCCCCC(=O)O[C@H](COC(=O)CCCCCCCCCCCCCCCCCCC)COP(=O)(O)OC1C(O)C(O)C(O)[C@@H](O)C1O. The summed E-state index contributed by atoms with van der Waals surface area (Å²) in [7, 11) is -5.12. The Balaban J connectivity index is 2.31. The van der Waals surface area contributed by atoms with Crippen LogP contribution in [0.15, 0.2) is 0 Å². The molecule has 0 aromatic carbocycles. The number of carbonyl (C=O) groups excluding carboxylic acids is 2. The zero-order valence-electron chi connectivity index (χ0n) is 44.1. The van der Waals surface area contributed by atoms with Gasteiger partial charge >= 0.3 is 19.8 Å². The van der Waals surface area contributed by atoms with Crippen molar-refractivity contribution in [3.05, 3.63) is 0 Å². The molecule has 1 aliphatic rings. The minimum Gasteiger partial charge on any atom is -0.462 e. The predicted octanol–water partition coefficient (Wildman–Crippen LogP) is 13.2. The quantitative estimate of drug-likeness (QED) is 0.0191. The minimum absolute atomic E-state index is 0.106. The van der Waals surface area contributed by atoms with Crippen LogP contribution >= 0.6 is 7.82 Å². The molecular formula is C55H107O13P. The van der Waals surface area contributed by atoms with Gasteiger partial charge in [0.1, 0.15) is 43.2 Å². The van der Waals surface area contributed by atoms with Crippen LogP contribution in [0.2, 0.25) is 0 Å². The number of phosphoric acid groups is 1. The second-order valence-electron chi connectivity index (χ2n) is 20.5. The van der Waals surface area contributed by atoms with Crippen molar-refractivity contribution in [2.45, 2.75) is 326 Å². The van der Waals surface area contributed by atoms with E-state index in [1.165, 1.54) is 205 Å². The lowest BCUT2D eigenvalue weighted by atomic mass is 9.85. The maximum atomic E-state index is 12.9. The monoisotopic (exact) mass is 1010 g/mol. The summed E-state index contributed by atoms with van der Waals surface area (Å²) >= 11 is 0. The molecule has 1 saturated carbocycles. The third-order valence-electron chi connectivity index (χ3n) is 13.9. The Kier molecular flexibility index (Phi) is 43.4. The number of phosphoric ester groups is 1. The largest absolute Gasteiger partial charge is 0.472 e. The molecule has 6 N–H and O–H groups in total. The maximum absolute atomic E-state index is 12.9. The van der Waals surface area contributed by atoms with Gasteiger partial charge in [0.15, 0.2) is 6.10 Å². The van der Waals surface area contributed by atoms with Crippen LogP contribution in [0.5, 0.6) is 0 Å². The predicted molar refractivity (Wildman–Crippen MR) is 277 cm³/mol. The van der Waals surface area contributed by atoms with Gasteiger partial charge in [0.25, 0.3) is 0 Å². The number of hydrogen-bond acceptors (Lipinski definition) is 12. The summed E-state index contributed by atoms with van der Waals surface area (Å²) in [5, 5.41) is 50.4. The van der Waals surface area contributed by atoms with Crippen LogP contribution in [0.4, 0.5) is 0 Å². The van der Waals surface area contributed by atoms with Gasteiger partial charge in [0, 0.05) is 12.8 Å². The van der Waals surface area contributed by atoms with E-state index >= 15 is 0 Å². The molecule has 0 amide bonds. The topological polar surface area (TPSA) is 210 Å². The fourth-order valence-electron chi connectivity index (χ4n) is 9.35. The molecule has 1 aliphatic carbocycles. The van der Waals surface area contributed by atoms with Crippen molar-refractivity contribution < 1.29 is 63.1 Å². The van der Waals surface area contributed by atoms with Crippen molar-refractivity contribution in [1.82, 2.24) is 0 Å². The van der Waals surface area contributed by atoms with Gasteiger partial charge in [-0.2, -0.15) is 0 Å². The van der Waals surface area contributed by atoms with Crippen molar-refractivity contribution in [3.8, 4) is 0 Å². The molecule has 1 rings (SSSR count). The highest BCUT2D eigenvalue weighted by molar-refractivity contribution is 7.47. The van der Waals surface area contributed by atoms with Crippen LogP contribution in [0.1, 0.15) is 284 Å². The van der Waals surface area contributed by atoms with Crippen LogP contribution in [-0.2, 0) is 32.7 Å². The van der Waals surface area contributed by atoms with E-state index in [1.54, 1.807) is 0 Å². The van der Waals surface area contributed by atoms with E-state index in [4.69, 9.17) is 18.5 Å². The molecule has 0 radical (unpaired) electrons. The van der Waals surface area contributed by atoms with Crippen LogP contribution in [0.3, 0.4) is 0 Å². The van der Waals surface area contributed by atoms with Gasteiger partial charge in [-0.05, 0) is 12.8 Å². The molecule has 0 heterocycles. The fourth-order valence-corrected chi connectivity index (χ4v) is 10.3. The summed E-state index contributed by atoms with van der Waals surface area (Å²) in [4.78, 5) is 35.9. The van der Waals surface area contributed by atoms with Gasteiger partial charge < -0.3 is 39.9 Å². The first-order valence-electron chi connectivity index (χ1n) is 28.8. The van der Waals surface area contributed by atoms with E-state index in [0.717, 1.165) is 38.5 Å².